The molecule has 5 amide bonds. The number of unbranched alkanes of at least 4 members (excludes halogenated alkanes) is 6. The Hall–Kier alpha value is -3.14. The number of hydrogen-bond donors (Lipinski definition) is 6. The van der Waals surface area contributed by atoms with Gasteiger partial charge in [-0.05, 0) is 64.7 Å². The molecule has 0 aliphatic carbocycles. The van der Waals surface area contributed by atoms with E-state index in [0.717, 1.165) is 0 Å². The van der Waals surface area contributed by atoms with Crippen molar-refractivity contribution in [2.24, 2.45) is 0 Å². The maximum absolute atomic E-state index is 12.0. The highest BCUT2D eigenvalue weighted by Crippen LogP contribution is 2.04. The van der Waals surface area contributed by atoms with Crippen LogP contribution in [0.3, 0.4) is 0 Å². The minimum absolute atomic E-state index is 0.0296. The van der Waals surface area contributed by atoms with E-state index in [2.05, 4.69) is 10.6 Å². The molecule has 0 aromatic carbocycles. The molecule has 43 heavy (non-hydrogen) atoms. The third-order valence-electron chi connectivity index (χ3n) is 6.45. The molecule has 0 heterocycles. The maximum Gasteiger partial charge on any atom is 0.246 e. The van der Waals surface area contributed by atoms with Crippen molar-refractivity contribution in [3.05, 3.63) is 0 Å². The average Bonchev–Trinajstić information content (AvgIpc) is 2.98. The van der Waals surface area contributed by atoms with Gasteiger partial charge in [0.25, 0.3) is 0 Å². The first-order valence-corrected chi connectivity index (χ1v) is 15.1. The van der Waals surface area contributed by atoms with Crippen LogP contribution in [0, 0.1) is 0 Å². The van der Waals surface area contributed by atoms with E-state index >= 15 is 0 Å². The van der Waals surface area contributed by atoms with Gasteiger partial charge in [0.2, 0.25) is 29.5 Å². The molecule has 0 rings (SSSR count). The molecule has 0 spiro atoms. The Morgan fingerprint density at radius 3 is 1.19 bits per heavy atom. The van der Waals surface area contributed by atoms with Crippen LogP contribution in [0.5, 0.6) is 0 Å². The Labute approximate surface area is 253 Å². The van der Waals surface area contributed by atoms with Crippen LogP contribution in [0.2, 0.25) is 0 Å². The number of hydroxylamine groups is 6. The molecule has 6 N–H and O–H groups in total. The Bertz CT molecular complexity index is 858. The van der Waals surface area contributed by atoms with Gasteiger partial charge in [-0.25, -0.2) is 15.2 Å². The number of nitrogens with zero attached hydrogens (tertiary/aromatic N) is 3. The van der Waals surface area contributed by atoms with Gasteiger partial charge in [0.1, 0.15) is 5.78 Å². The lowest BCUT2D eigenvalue weighted by Crippen LogP contribution is -2.31. The smallest absolute Gasteiger partial charge is 0.246 e. The summed E-state index contributed by atoms with van der Waals surface area (Å²) in [5.74, 6) is -2.38. The van der Waals surface area contributed by atoms with Gasteiger partial charge < -0.3 is 20.5 Å². The fraction of sp³-hybridized carbons (Fsp3) is 0.786. The van der Waals surface area contributed by atoms with E-state index in [4.69, 9.17) is 5.11 Å². The number of ketones is 1. The Morgan fingerprint density at radius 1 is 0.488 bits per heavy atom. The quantitative estimate of drug-likeness (QED) is 0.0464. The topological polar surface area (TPSA) is 217 Å². The third-order valence-corrected chi connectivity index (χ3v) is 6.45. The molecule has 15 heteroatoms. The van der Waals surface area contributed by atoms with Crippen LogP contribution in [0.1, 0.15) is 103 Å². The summed E-state index contributed by atoms with van der Waals surface area (Å²) in [6, 6.07) is 0. The van der Waals surface area contributed by atoms with Crippen LogP contribution in [0.15, 0.2) is 0 Å². The lowest BCUT2D eigenvalue weighted by Gasteiger charge is -2.15. The van der Waals surface area contributed by atoms with Crippen LogP contribution in [-0.2, 0) is 28.8 Å². The molecule has 0 aromatic rings. The molecular formula is C28H51N5O10. The van der Waals surface area contributed by atoms with Gasteiger partial charge in [-0.2, -0.15) is 0 Å². The fourth-order valence-corrected chi connectivity index (χ4v) is 3.79. The predicted octanol–water partition coefficient (Wildman–Crippen LogP) is 1.31. The summed E-state index contributed by atoms with van der Waals surface area (Å²) < 4.78 is 0. The summed E-state index contributed by atoms with van der Waals surface area (Å²) in [4.78, 5) is 70.2. The number of hydrogen-bond acceptors (Lipinski definition) is 10. The highest BCUT2D eigenvalue weighted by molar-refractivity contribution is 5.84. The van der Waals surface area contributed by atoms with E-state index in [9.17, 15) is 44.4 Å². The van der Waals surface area contributed by atoms with Crippen LogP contribution in [0.4, 0.5) is 0 Å². The molecular weight excluding hydrogens is 566 g/mol. The zero-order chi connectivity index (χ0) is 32.5. The number of rotatable bonds is 26. The van der Waals surface area contributed by atoms with Gasteiger partial charge >= 0.3 is 0 Å². The fourth-order valence-electron chi connectivity index (χ4n) is 3.79. The van der Waals surface area contributed by atoms with Crippen molar-refractivity contribution in [1.82, 2.24) is 25.8 Å². The maximum atomic E-state index is 12.0. The number of amides is 5. The molecule has 0 saturated carbocycles. The minimum atomic E-state index is -0.572. The molecule has 0 aliphatic heterocycles. The summed E-state index contributed by atoms with van der Waals surface area (Å²) in [7, 11) is 0. The van der Waals surface area contributed by atoms with Crippen molar-refractivity contribution >= 4 is 35.3 Å². The van der Waals surface area contributed by atoms with Crippen molar-refractivity contribution < 1.29 is 49.5 Å². The number of carbonyl (C=O) groups excluding carboxylic acids is 6. The number of aliphatic hydroxyl groups excluding tert-OH is 1. The Kier molecular flexibility index (Phi) is 23.5. The van der Waals surface area contributed by atoms with E-state index in [1.165, 1.54) is 6.92 Å². The summed E-state index contributed by atoms with van der Waals surface area (Å²) in [6.45, 7) is 2.57. The first-order valence-electron chi connectivity index (χ1n) is 15.1. The van der Waals surface area contributed by atoms with Gasteiger partial charge in [0.15, 0.2) is 0 Å². The van der Waals surface area contributed by atoms with Gasteiger partial charge in [0.05, 0.1) is 0 Å². The average molecular weight is 618 g/mol. The van der Waals surface area contributed by atoms with Gasteiger partial charge in [-0.3, -0.25) is 39.6 Å². The van der Waals surface area contributed by atoms with Crippen molar-refractivity contribution in [2.75, 3.05) is 39.3 Å². The second-order valence-corrected chi connectivity index (χ2v) is 10.4. The standard InChI is InChI=1S/C28H51N5O10/c1-23(35)11-14-26(38)31(41)19-7-2-5-17-29-24(36)12-15-27(39)32(42)20-8-3-6-18-30-25(37)13-16-28(40)33(43)21-9-4-10-22-34/h34,41-43H,2-22H2,1H3,(H,29,36)(H,30,37). The molecule has 0 radical (unpaired) electrons. The van der Waals surface area contributed by atoms with Crippen molar-refractivity contribution in [2.45, 2.75) is 103 Å². The predicted molar refractivity (Wildman–Crippen MR) is 154 cm³/mol. The van der Waals surface area contributed by atoms with E-state index in [0.29, 0.717) is 86.1 Å². The van der Waals surface area contributed by atoms with E-state index in [-0.39, 0.29) is 82.4 Å². The zero-order valence-electron chi connectivity index (χ0n) is 25.4. The molecule has 248 valence electrons. The van der Waals surface area contributed by atoms with Crippen molar-refractivity contribution in [1.29, 1.82) is 0 Å². The van der Waals surface area contributed by atoms with Crippen molar-refractivity contribution in [3.63, 3.8) is 0 Å². The molecule has 15 nitrogen and oxygen atoms in total. The van der Waals surface area contributed by atoms with Crippen LogP contribution >= 0.6 is 0 Å². The summed E-state index contributed by atoms with van der Waals surface area (Å²) in [5.41, 5.74) is 0. The lowest BCUT2D eigenvalue weighted by molar-refractivity contribution is -0.166. The molecule has 0 unspecified atom stereocenters. The largest absolute Gasteiger partial charge is 0.396 e. The number of carbonyl (C=O) groups is 6. The molecule has 0 aliphatic rings. The van der Waals surface area contributed by atoms with Crippen LogP contribution in [-0.4, -0.2) is 111 Å². The van der Waals surface area contributed by atoms with E-state index in [1.807, 2.05) is 0 Å². The second kappa shape index (κ2) is 25.4. The first-order chi connectivity index (χ1) is 20.5. The van der Waals surface area contributed by atoms with Gasteiger partial charge in [0, 0.05) is 77.9 Å². The number of nitrogens with one attached hydrogen (secondary N) is 2. The monoisotopic (exact) mass is 617 g/mol. The van der Waals surface area contributed by atoms with E-state index in [1.54, 1.807) is 0 Å². The number of aliphatic hydroxyl groups is 1. The zero-order valence-corrected chi connectivity index (χ0v) is 25.4. The highest BCUT2D eigenvalue weighted by Gasteiger charge is 2.15. The molecule has 0 fully saturated rings. The molecule has 0 aromatic heterocycles. The van der Waals surface area contributed by atoms with Crippen LogP contribution < -0.4 is 10.6 Å². The van der Waals surface area contributed by atoms with Gasteiger partial charge in [-0.1, -0.05) is 0 Å². The molecule has 0 saturated heterocycles. The minimum Gasteiger partial charge on any atom is -0.396 e. The number of Topliss-reactive ketones (excluding diaryl/α,β-unsaturated/α-hetero) is 1. The highest BCUT2D eigenvalue weighted by atomic mass is 16.5. The Balaban J connectivity index is 3.79. The van der Waals surface area contributed by atoms with Crippen LogP contribution in [0.25, 0.3) is 0 Å². The SMILES string of the molecule is CC(=O)CCC(=O)N(O)CCCCCNC(=O)CCC(=O)N(O)CCCCCNC(=O)CCC(=O)N(O)CCCCCO. The first kappa shape index (κ1) is 39.9. The third kappa shape index (κ3) is 23.0. The second-order valence-electron chi connectivity index (χ2n) is 10.4. The molecule has 0 bridgehead atoms. The lowest BCUT2D eigenvalue weighted by atomic mass is 10.2. The molecule has 0 atom stereocenters. The summed E-state index contributed by atoms with van der Waals surface area (Å²) >= 11 is 0. The van der Waals surface area contributed by atoms with Gasteiger partial charge in [-0.15, -0.1) is 0 Å². The summed E-state index contributed by atoms with van der Waals surface area (Å²) in [5, 5.41) is 45.1. The van der Waals surface area contributed by atoms with E-state index < -0.39 is 17.7 Å². The Morgan fingerprint density at radius 2 is 0.837 bits per heavy atom. The normalized spacial score (nSPS) is 10.6. The summed E-state index contributed by atoms with van der Waals surface area (Å²) in [6.07, 6.45) is 5.06. The van der Waals surface area contributed by atoms with Crippen molar-refractivity contribution in [3.8, 4) is 0 Å².